The average Bonchev–Trinajstić information content (AvgIpc) is 2.96. The van der Waals surface area contributed by atoms with E-state index in [2.05, 4.69) is 6.92 Å². The summed E-state index contributed by atoms with van der Waals surface area (Å²) in [7, 11) is 1.34. The highest BCUT2D eigenvalue weighted by Crippen LogP contribution is 2.31. The lowest BCUT2D eigenvalue weighted by Gasteiger charge is -2.17. The Bertz CT molecular complexity index is 924. The minimum absolute atomic E-state index is 0.159. The van der Waals surface area contributed by atoms with Crippen LogP contribution in [0.5, 0.6) is 0 Å². The van der Waals surface area contributed by atoms with E-state index in [4.69, 9.17) is 4.74 Å². The van der Waals surface area contributed by atoms with Gasteiger partial charge in [0, 0.05) is 12.2 Å². The Labute approximate surface area is 166 Å². The third kappa shape index (κ3) is 4.06. The van der Waals surface area contributed by atoms with E-state index in [1.54, 1.807) is 17.9 Å². The molecule has 144 valence electrons. The number of hydrogen-bond acceptors (Lipinski definition) is 3. The molecule has 0 aromatic heterocycles. The largest absolute Gasteiger partial charge is 0.465 e. The first-order chi connectivity index (χ1) is 13.5. The van der Waals surface area contributed by atoms with Crippen molar-refractivity contribution in [3.63, 3.8) is 0 Å². The van der Waals surface area contributed by atoms with Gasteiger partial charge in [0.1, 0.15) is 0 Å². The van der Waals surface area contributed by atoms with Crippen LogP contribution in [0.15, 0.2) is 71.4 Å². The SMILES string of the molecule is CCc1ccc(/C=C2\C(=O)N(CCc3ccccc3)C(C)=C2C(=O)OC)cc1. The first-order valence-corrected chi connectivity index (χ1v) is 9.51. The van der Waals surface area contributed by atoms with E-state index in [-0.39, 0.29) is 5.91 Å². The lowest BCUT2D eigenvalue weighted by Crippen LogP contribution is -2.27. The van der Waals surface area contributed by atoms with Crippen LogP contribution in [-0.4, -0.2) is 30.4 Å². The van der Waals surface area contributed by atoms with Gasteiger partial charge in [-0.05, 0) is 42.5 Å². The smallest absolute Gasteiger partial charge is 0.340 e. The van der Waals surface area contributed by atoms with E-state index in [0.717, 1.165) is 24.0 Å². The van der Waals surface area contributed by atoms with Crippen molar-refractivity contribution in [2.24, 2.45) is 0 Å². The predicted octanol–water partition coefficient (Wildman–Crippen LogP) is 4.16. The molecule has 0 bridgehead atoms. The maximum absolute atomic E-state index is 13.1. The molecular weight excluding hydrogens is 350 g/mol. The van der Waals surface area contributed by atoms with Gasteiger partial charge in [0.15, 0.2) is 0 Å². The summed E-state index contributed by atoms with van der Waals surface area (Å²) in [6, 6.07) is 18.0. The Hall–Kier alpha value is -3.14. The van der Waals surface area contributed by atoms with Gasteiger partial charge >= 0.3 is 5.97 Å². The number of methoxy groups -OCH3 is 1. The van der Waals surface area contributed by atoms with Crippen LogP contribution in [0.4, 0.5) is 0 Å². The second kappa shape index (κ2) is 8.70. The van der Waals surface area contributed by atoms with E-state index < -0.39 is 5.97 Å². The molecule has 2 aromatic carbocycles. The molecule has 0 atom stereocenters. The molecule has 0 radical (unpaired) electrons. The van der Waals surface area contributed by atoms with Gasteiger partial charge in [0.05, 0.1) is 18.3 Å². The summed E-state index contributed by atoms with van der Waals surface area (Å²) in [5.74, 6) is -0.641. The fourth-order valence-corrected chi connectivity index (χ4v) is 3.40. The number of aryl methyl sites for hydroxylation is 1. The van der Waals surface area contributed by atoms with Gasteiger partial charge in [-0.2, -0.15) is 0 Å². The van der Waals surface area contributed by atoms with Crippen LogP contribution < -0.4 is 0 Å². The summed E-state index contributed by atoms with van der Waals surface area (Å²) < 4.78 is 4.95. The lowest BCUT2D eigenvalue weighted by molar-refractivity contribution is -0.136. The molecule has 2 aromatic rings. The molecule has 0 N–H and O–H groups in total. The molecule has 0 saturated carbocycles. The topological polar surface area (TPSA) is 46.6 Å². The summed E-state index contributed by atoms with van der Waals surface area (Å²) >= 11 is 0. The number of ether oxygens (including phenoxy) is 1. The van der Waals surface area contributed by atoms with Crippen LogP contribution >= 0.6 is 0 Å². The summed E-state index contributed by atoms with van der Waals surface area (Å²) in [6.45, 7) is 4.41. The molecule has 0 unspecified atom stereocenters. The molecule has 0 fully saturated rings. The maximum atomic E-state index is 13.1. The van der Waals surface area contributed by atoms with E-state index in [0.29, 0.717) is 23.4 Å². The minimum Gasteiger partial charge on any atom is -0.465 e. The molecule has 28 heavy (non-hydrogen) atoms. The van der Waals surface area contributed by atoms with Gasteiger partial charge in [-0.15, -0.1) is 0 Å². The number of rotatable bonds is 6. The predicted molar refractivity (Wildman–Crippen MR) is 110 cm³/mol. The fraction of sp³-hybridized carbons (Fsp3) is 0.250. The van der Waals surface area contributed by atoms with Crippen molar-refractivity contribution in [3.05, 3.63) is 88.1 Å². The quantitative estimate of drug-likeness (QED) is 0.562. The lowest BCUT2D eigenvalue weighted by atomic mass is 10.0. The molecule has 1 heterocycles. The third-order valence-corrected chi connectivity index (χ3v) is 5.07. The van der Waals surface area contributed by atoms with E-state index in [1.165, 1.54) is 12.7 Å². The highest BCUT2D eigenvalue weighted by Gasteiger charge is 2.36. The number of esters is 1. The molecule has 1 amide bonds. The van der Waals surface area contributed by atoms with Crippen LogP contribution in [0.3, 0.4) is 0 Å². The van der Waals surface area contributed by atoms with Gasteiger partial charge < -0.3 is 9.64 Å². The minimum atomic E-state index is -0.482. The standard InChI is InChI=1S/C24H25NO3/c1-4-18-10-12-20(13-11-18)16-21-22(24(27)28-3)17(2)25(23(21)26)15-14-19-8-6-5-7-9-19/h5-13,16H,4,14-15H2,1-3H3/b21-16-. The van der Waals surface area contributed by atoms with Gasteiger partial charge in [-0.3, -0.25) is 4.79 Å². The van der Waals surface area contributed by atoms with Gasteiger partial charge in [-0.25, -0.2) is 4.79 Å². The molecular formula is C24H25NO3. The van der Waals surface area contributed by atoms with Crippen LogP contribution in [0.25, 0.3) is 6.08 Å². The molecule has 1 aliphatic heterocycles. The third-order valence-electron chi connectivity index (χ3n) is 5.07. The van der Waals surface area contributed by atoms with E-state index >= 15 is 0 Å². The van der Waals surface area contributed by atoms with Gasteiger partial charge in [0.25, 0.3) is 5.91 Å². The zero-order chi connectivity index (χ0) is 20.1. The number of allylic oxidation sites excluding steroid dienone is 1. The van der Waals surface area contributed by atoms with Crippen molar-refractivity contribution in [2.45, 2.75) is 26.7 Å². The van der Waals surface area contributed by atoms with Gasteiger partial charge in [-0.1, -0.05) is 61.5 Å². The number of carbonyl (C=O) groups excluding carboxylic acids is 2. The Kier molecular flexibility index (Phi) is 6.09. The molecule has 3 rings (SSSR count). The zero-order valence-corrected chi connectivity index (χ0v) is 16.6. The highest BCUT2D eigenvalue weighted by atomic mass is 16.5. The highest BCUT2D eigenvalue weighted by molar-refractivity contribution is 6.16. The molecule has 4 nitrogen and oxygen atoms in total. The Morgan fingerprint density at radius 3 is 2.32 bits per heavy atom. The van der Waals surface area contributed by atoms with Crippen molar-refractivity contribution in [1.29, 1.82) is 0 Å². The Balaban J connectivity index is 1.91. The molecule has 1 aliphatic rings. The number of amides is 1. The maximum Gasteiger partial charge on any atom is 0.340 e. The first-order valence-electron chi connectivity index (χ1n) is 9.51. The van der Waals surface area contributed by atoms with Crippen molar-refractivity contribution < 1.29 is 14.3 Å². The Morgan fingerprint density at radius 2 is 1.71 bits per heavy atom. The fourth-order valence-electron chi connectivity index (χ4n) is 3.40. The number of hydrogen-bond donors (Lipinski definition) is 0. The van der Waals surface area contributed by atoms with E-state index in [1.807, 2.05) is 54.6 Å². The summed E-state index contributed by atoms with van der Waals surface area (Å²) in [5, 5.41) is 0. The number of benzene rings is 2. The summed E-state index contributed by atoms with van der Waals surface area (Å²) in [6.07, 6.45) is 3.45. The first kappa shape index (κ1) is 19.6. The van der Waals surface area contributed by atoms with Crippen LogP contribution in [-0.2, 0) is 27.2 Å². The zero-order valence-electron chi connectivity index (χ0n) is 16.6. The van der Waals surface area contributed by atoms with Crippen LogP contribution in [0.1, 0.15) is 30.5 Å². The van der Waals surface area contributed by atoms with Crippen molar-refractivity contribution in [1.82, 2.24) is 4.90 Å². The number of carbonyl (C=O) groups is 2. The molecule has 0 saturated heterocycles. The van der Waals surface area contributed by atoms with Gasteiger partial charge in [0.2, 0.25) is 0 Å². The van der Waals surface area contributed by atoms with Crippen molar-refractivity contribution in [2.75, 3.05) is 13.7 Å². The normalized spacial score (nSPS) is 15.5. The molecule has 4 heteroatoms. The number of nitrogens with zero attached hydrogens (tertiary/aromatic N) is 1. The molecule has 0 aliphatic carbocycles. The summed E-state index contributed by atoms with van der Waals surface area (Å²) in [4.78, 5) is 27.2. The van der Waals surface area contributed by atoms with E-state index in [9.17, 15) is 9.59 Å². The van der Waals surface area contributed by atoms with Crippen LogP contribution in [0, 0.1) is 0 Å². The van der Waals surface area contributed by atoms with Crippen LogP contribution in [0.2, 0.25) is 0 Å². The monoisotopic (exact) mass is 375 g/mol. The molecule has 0 spiro atoms. The van der Waals surface area contributed by atoms with Crippen molar-refractivity contribution >= 4 is 18.0 Å². The second-order valence-electron chi connectivity index (χ2n) is 6.80. The summed E-state index contributed by atoms with van der Waals surface area (Å²) in [5.41, 5.74) is 4.64. The van der Waals surface area contributed by atoms with Crippen molar-refractivity contribution in [3.8, 4) is 0 Å². The average molecular weight is 375 g/mol. The Morgan fingerprint density at radius 1 is 1.04 bits per heavy atom. The second-order valence-corrected chi connectivity index (χ2v) is 6.80.